The third-order valence-corrected chi connectivity index (χ3v) is 2.34. The van der Waals surface area contributed by atoms with E-state index in [4.69, 9.17) is 0 Å². The molecule has 1 heterocycles. The smallest absolute Gasteiger partial charge is 0.234 e. The lowest BCUT2D eigenvalue weighted by atomic mass is 10.3. The van der Waals surface area contributed by atoms with Gasteiger partial charge in [-0.05, 0) is 14.0 Å². The molecule has 1 N–H and O–H groups in total. The standard InChI is InChI=1S/C9H19N3O.2C2H6/c1-3-10-9(13)8-12-6-4-11(2)5-7-12;2*1-2/h3-8H2,1-2H3,(H,10,13);2*1-2H3. The first-order valence-electron chi connectivity index (χ1n) is 6.90. The Kier molecular flexibility index (Phi) is 14.8. The molecule has 0 unspecified atom stereocenters. The van der Waals surface area contributed by atoms with Crippen LogP contribution in [0.5, 0.6) is 0 Å². The van der Waals surface area contributed by atoms with E-state index in [0.717, 1.165) is 32.7 Å². The third kappa shape index (κ3) is 10.3. The van der Waals surface area contributed by atoms with Crippen LogP contribution in [-0.2, 0) is 4.79 Å². The second-order valence-electron chi connectivity index (χ2n) is 3.53. The van der Waals surface area contributed by atoms with Crippen molar-refractivity contribution in [2.75, 3.05) is 46.3 Å². The van der Waals surface area contributed by atoms with Crippen LogP contribution in [0.1, 0.15) is 34.6 Å². The van der Waals surface area contributed by atoms with E-state index in [2.05, 4.69) is 22.2 Å². The van der Waals surface area contributed by atoms with Gasteiger partial charge in [-0.1, -0.05) is 27.7 Å². The fourth-order valence-electron chi connectivity index (χ4n) is 1.46. The summed E-state index contributed by atoms with van der Waals surface area (Å²) in [7, 11) is 2.11. The van der Waals surface area contributed by atoms with Crippen molar-refractivity contribution < 1.29 is 4.79 Å². The number of amides is 1. The van der Waals surface area contributed by atoms with Gasteiger partial charge < -0.3 is 10.2 Å². The first-order chi connectivity index (χ1) is 8.22. The molecule has 0 saturated carbocycles. The molecule has 0 spiro atoms. The maximum atomic E-state index is 11.2. The van der Waals surface area contributed by atoms with Gasteiger partial charge >= 0.3 is 0 Å². The van der Waals surface area contributed by atoms with Crippen LogP contribution in [0.2, 0.25) is 0 Å². The van der Waals surface area contributed by atoms with Crippen molar-refractivity contribution >= 4 is 5.91 Å². The van der Waals surface area contributed by atoms with Crippen LogP contribution in [-0.4, -0.2) is 62.0 Å². The number of hydrogen-bond donors (Lipinski definition) is 1. The first kappa shape index (κ1) is 18.7. The highest BCUT2D eigenvalue weighted by Gasteiger charge is 2.15. The van der Waals surface area contributed by atoms with E-state index in [0.29, 0.717) is 6.54 Å². The highest BCUT2D eigenvalue weighted by Crippen LogP contribution is 1.97. The van der Waals surface area contributed by atoms with Crippen molar-refractivity contribution in [2.45, 2.75) is 34.6 Å². The summed E-state index contributed by atoms with van der Waals surface area (Å²) in [6.45, 7) is 15.4. The lowest BCUT2D eigenvalue weighted by Crippen LogP contribution is -2.48. The number of carbonyl (C=O) groups is 1. The molecule has 1 saturated heterocycles. The fraction of sp³-hybridized carbons (Fsp3) is 0.923. The number of likely N-dealkylation sites (N-methyl/N-ethyl adjacent to an activating group) is 2. The van der Waals surface area contributed by atoms with Crippen molar-refractivity contribution in [1.29, 1.82) is 0 Å². The summed E-state index contributed by atoms with van der Waals surface area (Å²) in [5.74, 6) is 0.145. The Morgan fingerprint density at radius 3 is 1.94 bits per heavy atom. The normalized spacial score (nSPS) is 16.1. The molecule has 1 fully saturated rings. The molecular formula is C13H31N3O. The van der Waals surface area contributed by atoms with Gasteiger partial charge in [0.15, 0.2) is 0 Å². The predicted octanol–water partition coefficient (Wildman–Crippen LogP) is 1.42. The maximum absolute atomic E-state index is 11.2. The molecule has 1 amide bonds. The molecule has 0 aromatic carbocycles. The van der Waals surface area contributed by atoms with Crippen molar-refractivity contribution in [3.8, 4) is 0 Å². The largest absolute Gasteiger partial charge is 0.355 e. The summed E-state index contributed by atoms with van der Waals surface area (Å²) in [4.78, 5) is 15.7. The Morgan fingerprint density at radius 2 is 1.53 bits per heavy atom. The zero-order valence-electron chi connectivity index (χ0n) is 12.5. The van der Waals surface area contributed by atoms with Gasteiger partial charge in [-0.15, -0.1) is 0 Å². The lowest BCUT2D eigenvalue weighted by Gasteiger charge is -2.31. The number of hydrogen-bond acceptors (Lipinski definition) is 3. The summed E-state index contributed by atoms with van der Waals surface area (Å²) in [5, 5.41) is 2.81. The molecule has 0 radical (unpaired) electrons. The average Bonchev–Trinajstić information content (AvgIpc) is 2.37. The zero-order valence-corrected chi connectivity index (χ0v) is 12.5. The highest BCUT2D eigenvalue weighted by molar-refractivity contribution is 5.77. The van der Waals surface area contributed by atoms with Gasteiger partial charge in [-0.3, -0.25) is 9.69 Å². The minimum Gasteiger partial charge on any atom is -0.355 e. The fourth-order valence-corrected chi connectivity index (χ4v) is 1.46. The van der Waals surface area contributed by atoms with Crippen LogP contribution in [0.25, 0.3) is 0 Å². The molecule has 4 nitrogen and oxygen atoms in total. The summed E-state index contributed by atoms with van der Waals surface area (Å²) >= 11 is 0. The van der Waals surface area contributed by atoms with E-state index in [-0.39, 0.29) is 5.91 Å². The summed E-state index contributed by atoms with van der Waals surface area (Å²) in [6, 6.07) is 0. The molecule has 0 aromatic rings. The number of piperazine rings is 1. The van der Waals surface area contributed by atoms with Gasteiger partial charge in [-0.25, -0.2) is 0 Å². The van der Waals surface area contributed by atoms with Crippen LogP contribution in [0.3, 0.4) is 0 Å². The Hall–Kier alpha value is -0.610. The molecule has 1 aliphatic rings. The van der Waals surface area contributed by atoms with Gasteiger partial charge in [0, 0.05) is 32.7 Å². The molecule has 0 bridgehead atoms. The Morgan fingerprint density at radius 1 is 1.06 bits per heavy atom. The Bertz CT molecular complexity index is 166. The minimum absolute atomic E-state index is 0.145. The number of nitrogens with zero attached hydrogens (tertiary/aromatic N) is 2. The van der Waals surface area contributed by atoms with Crippen LogP contribution < -0.4 is 5.32 Å². The molecule has 1 aliphatic heterocycles. The minimum atomic E-state index is 0.145. The van der Waals surface area contributed by atoms with E-state index in [1.54, 1.807) is 0 Å². The van der Waals surface area contributed by atoms with Gasteiger partial charge in [0.05, 0.1) is 6.54 Å². The average molecular weight is 245 g/mol. The van der Waals surface area contributed by atoms with Crippen molar-refractivity contribution in [1.82, 2.24) is 15.1 Å². The van der Waals surface area contributed by atoms with Gasteiger partial charge in [-0.2, -0.15) is 0 Å². The molecular weight excluding hydrogens is 214 g/mol. The van der Waals surface area contributed by atoms with Crippen LogP contribution >= 0.6 is 0 Å². The molecule has 104 valence electrons. The van der Waals surface area contributed by atoms with Crippen LogP contribution in [0.4, 0.5) is 0 Å². The van der Waals surface area contributed by atoms with Gasteiger partial charge in [0.25, 0.3) is 0 Å². The van der Waals surface area contributed by atoms with Crippen LogP contribution in [0.15, 0.2) is 0 Å². The highest BCUT2D eigenvalue weighted by atomic mass is 16.2. The van der Waals surface area contributed by atoms with Crippen molar-refractivity contribution in [3.05, 3.63) is 0 Å². The van der Waals surface area contributed by atoms with Crippen molar-refractivity contribution in [3.63, 3.8) is 0 Å². The van der Waals surface area contributed by atoms with Gasteiger partial charge in [0.1, 0.15) is 0 Å². The molecule has 4 heteroatoms. The number of rotatable bonds is 3. The van der Waals surface area contributed by atoms with E-state index < -0.39 is 0 Å². The topological polar surface area (TPSA) is 35.6 Å². The molecule has 0 aliphatic carbocycles. The Labute approximate surface area is 107 Å². The van der Waals surface area contributed by atoms with E-state index >= 15 is 0 Å². The maximum Gasteiger partial charge on any atom is 0.234 e. The monoisotopic (exact) mass is 245 g/mol. The SMILES string of the molecule is CC.CC.CCNC(=O)CN1CCN(C)CC1. The van der Waals surface area contributed by atoms with E-state index in [1.807, 2.05) is 34.6 Å². The predicted molar refractivity (Wildman–Crippen MR) is 75.3 cm³/mol. The molecule has 0 atom stereocenters. The van der Waals surface area contributed by atoms with Gasteiger partial charge in [0.2, 0.25) is 5.91 Å². The summed E-state index contributed by atoms with van der Waals surface area (Å²) in [6.07, 6.45) is 0. The Balaban J connectivity index is 0. The lowest BCUT2D eigenvalue weighted by molar-refractivity contribution is -0.122. The van der Waals surface area contributed by atoms with E-state index in [1.165, 1.54) is 0 Å². The number of carbonyl (C=O) groups excluding carboxylic acids is 1. The first-order valence-corrected chi connectivity index (χ1v) is 6.90. The molecule has 17 heavy (non-hydrogen) atoms. The van der Waals surface area contributed by atoms with Crippen molar-refractivity contribution in [2.24, 2.45) is 0 Å². The quantitative estimate of drug-likeness (QED) is 0.817. The third-order valence-electron chi connectivity index (χ3n) is 2.34. The summed E-state index contributed by atoms with van der Waals surface area (Å²) < 4.78 is 0. The molecule has 0 aromatic heterocycles. The van der Waals surface area contributed by atoms with E-state index in [9.17, 15) is 4.79 Å². The number of nitrogens with one attached hydrogen (secondary N) is 1. The summed E-state index contributed by atoms with van der Waals surface area (Å²) in [5.41, 5.74) is 0. The zero-order chi connectivity index (χ0) is 13.7. The second kappa shape index (κ2) is 13.5. The molecule has 1 rings (SSSR count). The van der Waals surface area contributed by atoms with Crippen LogP contribution in [0, 0.1) is 0 Å². The second-order valence-corrected chi connectivity index (χ2v) is 3.53.